The molecule has 0 aliphatic carbocycles. The number of phenolic OH excluding ortho intramolecular Hbond substituents is 1. The third-order valence-corrected chi connectivity index (χ3v) is 3.10. The molecule has 3 heteroatoms. The minimum Gasteiger partial charge on any atom is -0.508 e. The van der Waals surface area contributed by atoms with E-state index in [1.807, 2.05) is 48.7 Å². The Morgan fingerprint density at radius 2 is 1.24 bits per heavy atom. The maximum Gasteiger partial charge on any atom is 0.117 e. The van der Waals surface area contributed by atoms with Crippen molar-refractivity contribution in [3.63, 3.8) is 0 Å². The molecule has 0 aliphatic heterocycles. The van der Waals surface area contributed by atoms with Gasteiger partial charge in [-0.1, -0.05) is 30.3 Å². The van der Waals surface area contributed by atoms with Crippen LogP contribution in [0.4, 0.5) is 0 Å². The van der Waals surface area contributed by atoms with Crippen LogP contribution < -0.4 is 0 Å². The highest BCUT2D eigenvalue weighted by Crippen LogP contribution is 2.16. The fraction of sp³-hybridized carbons (Fsp3) is 0. The van der Waals surface area contributed by atoms with Gasteiger partial charge in [-0.2, -0.15) is 0 Å². The summed E-state index contributed by atoms with van der Waals surface area (Å²) in [4.78, 5) is 8.26. The zero-order chi connectivity index (χ0) is 14.5. The number of nitrogens with zero attached hydrogens (tertiary/aromatic N) is 2. The van der Waals surface area contributed by atoms with Gasteiger partial charge >= 0.3 is 0 Å². The van der Waals surface area contributed by atoms with E-state index in [2.05, 4.69) is 22.1 Å². The number of rotatable bonds is 0. The van der Waals surface area contributed by atoms with Crippen molar-refractivity contribution in [1.29, 1.82) is 0 Å². The minimum atomic E-state index is 0.260. The second-order valence-electron chi connectivity index (χ2n) is 4.58. The van der Waals surface area contributed by atoms with E-state index in [1.54, 1.807) is 18.3 Å². The van der Waals surface area contributed by atoms with Crippen molar-refractivity contribution in [2.75, 3.05) is 0 Å². The maximum atomic E-state index is 9.09. The Kier molecular flexibility index (Phi) is 3.74. The van der Waals surface area contributed by atoms with Gasteiger partial charge in [0.2, 0.25) is 0 Å². The molecule has 21 heavy (non-hydrogen) atoms. The molecule has 2 aromatic carbocycles. The predicted octanol–water partition coefficient (Wildman–Crippen LogP) is 4.18. The van der Waals surface area contributed by atoms with Crippen LogP contribution in [0.2, 0.25) is 0 Å². The Balaban J connectivity index is 0.000000126. The maximum absolute atomic E-state index is 9.09. The summed E-state index contributed by atoms with van der Waals surface area (Å²) in [5.74, 6) is 0.260. The SMILES string of the molecule is Oc1ccc2cccnc2c1.c1ccc2ncccc2c1. The standard InChI is InChI=1S/C9H7NO.C9H7N/c11-8-4-3-7-2-1-5-10-9(7)6-8;1-2-6-9-8(4-1)5-3-7-10-9/h1-6,11H;1-7H. The van der Waals surface area contributed by atoms with Gasteiger partial charge in [0, 0.05) is 29.2 Å². The lowest BCUT2D eigenvalue weighted by Gasteiger charge is -1.95. The summed E-state index contributed by atoms with van der Waals surface area (Å²) in [5.41, 5.74) is 1.89. The number of hydrogen-bond acceptors (Lipinski definition) is 3. The van der Waals surface area contributed by atoms with E-state index in [9.17, 15) is 0 Å². The highest BCUT2D eigenvalue weighted by atomic mass is 16.3. The molecule has 2 aromatic heterocycles. The normalized spacial score (nSPS) is 10.1. The number of hydrogen-bond donors (Lipinski definition) is 1. The molecule has 3 nitrogen and oxygen atoms in total. The molecule has 0 fully saturated rings. The molecule has 1 N–H and O–H groups in total. The number of benzene rings is 2. The number of phenols is 1. The van der Waals surface area contributed by atoms with Crippen molar-refractivity contribution in [1.82, 2.24) is 9.97 Å². The summed E-state index contributed by atoms with van der Waals surface area (Å²) in [5, 5.41) is 11.3. The Morgan fingerprint density at radius 1 is 0.619 bits per heavy atom. The van der Waals surface area contributed by atoms with Crippen LogP contribution in [0, 0.1) is 0 Å². The van der Waals surface area contributed by atoms with E-state index in [0.717, 1.165) is 16.4 Å². The summed E-state index contributed by atoms with van der Waals surface area (Å²) in [6.07, 6.45) is 3.52. The van der Waals surface area contributed by atoms with Crippen LogP contribution in [-0.2, 0) is 0 Å². The number of fused-ring (bicyclic) bond motifs is 2. The van der Waals surface area contributed by atoms with Crippen molar-refractivity contribution in [2.24, 2.45) is 0 Å². The molecule has 4 rings (SSSR count). The van der Waals surface area contributed by atoms with Crippen LogP contribution in [-0.4, -0.2) is 15.1 Å². The van der Waals surface area contributed by atoms with Gasteiger partial charge in [-0.15, -0.1) is 0 Å². The van der Waals surface area contributed by atoms with Gasteiger partial charge in [0.1, 0.15) is 5.75 Å². The number of aromatic hydroxyl groups is 1. The molecule has 2 heterocycles. The first-order chi connectivity index (χ1) is 10.3. The van der Waals surface area contributed by atoms with E-state index in [0.29, 0.717) is 0 Å². The lowest BCUT2D eigenvalue weighted by Crippen LogP contribution is -1.75. The van der Waals surface area contributed by atoms with Crippen LogP contribution in [0.1, 0.15) is 0 Å². The van der Waals surface area contributed by atoms with Crippen molar-refractivity contribution in [2.45, 2.75) is 0 Å². The van der Waals surface area contributed by atoms with Gasteiger partial charge in [0.15, 0.2) is 0 Å². The molecule has 0 atom stereocenters. The monoisotopic (exact) mass is 274 g/mol. The second kappa shape index (κ2) is 6.01. The van der Waals surface area contributed by atoms with E-state index in [-0.39, 0.29) is 5.75 Å². The molecule has 0 aliphatic rings. The summed E-state index contributed by atoms with van der Waals surface area (Å²) in [6.45, 7) is 0. The second-order valence-corrected chi connectivity index (χ2v) is 4.58. The Morgan fingerprint density at radius 3 is 2.00 bits per heavy atom. The first kappa shape index (κ1) is 13.1. The summed E-state index contributed by atoms with van der Waals surface area (Å²) in [7, 11) is 0. The van der Waals surface area contributed by atoms with Crippen molar-refractivity contribution < 1.29 is 5.11 Å². The molecular formula is C18H14N2O. The van der Waals surface area contributed by atoms with Crippen LogP contribution in [0.25, 0.3) is 21.8 Å². The molecule has 0 spiro atoms. The molecule has 102 valence electrons. The smallest absolute Gasteiger partial charge is 0.117 e. The fourth-order valence-electron chi connectivity index (χ4n) is 2.07. The zero-order valence-electron chi connectivity index (χ0n) is 11.3. The lowest BCUT2D eigenvalue weighted by atomic mass is 10.2. The van der Waals surface area contributed by atoms with Gasteiger partial charge in [-0.3, -0.25) is 9.97 Å². The largest absolute Gasteiger partial charge is 0.508 e. The third kappa shape index (κ3) is 3.15. The van der Waals surface area contributed by atoms with Crippen LogP contribution >= 0.6 is 0 Å². The Labute approximate surface area is 122 Å². The fourth-order valence-corrected chi connectivity index (χ4v) is 2.07. The van der Waals surface area contributed by atoms with Gasteiger partial charge in [0.05, 0.1) is 11.0 Å². The average Bonchev–Trinajstić information content (AvgIpc) is 2.55. The van der Waals surface area contributed by atoms with E-state index >= 15 is 0 Å². The lowest BCUT2D eigenvalue weighted by molar-refractivity contribution is 0.476. The number of para-hydroxylation sites is 1. The topological polar surface area (TPSA) is 46.0 Å². The van der Waals surface area contributed by atoms with E-state index in [1.165, 1.54) is 5.39 Å². The molecule has 0 unspecified atom stereocenters. The van der Waals surface area contributed by atoms with Crippen LogP contribution in [0.5, 0.6) is 5.75 Å². The summed E-state index contributed by atoms with van der Waals surface area (Å²) in [6, 6.07) is 21.1. The van der Waals surface area contributed by atoms with Gasteiger partial charge in [-0.25, -0.2) is 0 Å². The summed E-state index contributed by atoms with van der Waals surface area (Å²) >= 11 is 0. The molecule has 0 saturated carbocycles. The molecule has 0 amide bonds. The van der Waals surface area contributed by atoms with Gasteiger partial charge in [-0.05, 0) is 30.3 Å². The highest BCUT2D eigenvalue weighted by Gasteiger charge is 1.92. The average molecular weight is 274 g/mol. The predicted molar refractivity (Wildman–Crippen MR) is 85.2 cm³/mol. The molecular weight excluding hydrogens is 260 g/mol. The van der Waals surface area contributed by atoms with Gasteiger partial charge < -0.3 is 5.11 Å². The zero-order valence-corrected chi connectivity index (χ0v) is 11.3. The van der Waals surface area contributed by atoms with Crippen LogP contribution in [0.3, 0.4) is 0 Å². The van der Waals surface area contributed by atoms with Crippen molar-refractivity contribution in [3.8, 4) is 5.75 Å². The third-order valence-electron chi connectivity index (χ3n) is 3.10. The van der Waals surface area contributed by atoms with Crippen molar-refractivity contribution in [3.05, 3.63) is 79.1 Å². The number of pyridine rings is 2. The van der Waals surface area contributed by atoms with Gasteiger partial charge in [0.25, 0.3) is 0 Å². The Bertz CT molecular complexity index is 809. The molecule has 0 saturated heterocycles. The van der Waals surface area contributed by atoms with E-state index in [4.69, 9.17) is 5.11 Å². The molecule has 0 bridgehead atoms. The molecule has 4 aromatic rings. The number of aromatic nitrogens is 2. The summed E-state index contributed by atoms with van der Waals surface area (Å²) < 4.78 is 0. The molecule has 0 radical (unpaired) electrons. The van der Waals surface area contributed by atoms with Crippen LogP contribution in [0.15, 0.2) is 79.1 Å². The highest BCUT2D eigenvalue weighted by molar-refractivity contribution is 5.79. The first-order valence-electron chi connectivity index (χ1n) is 6.66. The Hall–Kier alpha value is -2.94. The quantitative estimate of drug-likeness (QED) is 0.523. The van der Waals surface area contributed by atoms with Crippen molar-refractivity contribution >= 4 is 21.8 Å². The van der Waals surface area contributed by atoms with E-state index < -0.39 is 0 Å². The minimum absolute atomic E-state index is 0.260. The first-order valence-corrected chi connectivity index (χ1v) is 6.66.